The second-order valence-electron chi connectivity index (χ2n) is 5.27. The average Bonchev–Trinajstić information content (AvgIpc) is 2.78. The van der Waals surface area contributed by atoms with Crippen LogP contribution in [-0.4, -0.2) is 58.1 Å². The molecule has 0 N–H and O–H groups in total. The fourth-order valence-corrected chi connectivity index (χ4v) is 2.40. The van der Waals surface area contributed by atoms with E-state index in [1.165, 1.54) is 11.0 Å². The smallest absolute Gasteiger partial charge is 0.335 e. The monoisotopic (exact) mass is 329 g/mol. The van der Waals surface area contributed by atoms with Crippen LogP contribution in [0.2, 0.25) is 0 Å². The highest BCUT2D eigenvalue weighted by atomic mass is 16.2. The van der Waals surface area contributed by atoms with Gasteiger partial charge < -0.3 is 4.90 Å². The summed E-state index contributed by atoms with van der Waals surface area (Å²) in [5.74, 6) is -2.30. The van der Waals surface area contributed by atoms with Crippen LogP contribution in [0, 0.1) is 0 Å². The molecule has 0 atom stereocenters. The minimum atomic E-state index is -0.981. The van der Waals surface area contributed by atoms with Crippen LogP contribution in [0.5, 0.6) is 0 Å². The van der Waals surface area contributed by atoms with E-state index in [1.54, 1.807) is 0 Å². The van der Waals surface area contributed by atoms with E-state index >= 15 is 0 Å². The van der Waals surface area contributed by atoms with Gasteiger partial charge in [0.25, 0.3) is 0 Å². The lowest BCUT2D eigenvalue weighted by Gasteiger charge is -2.23. The van der Waals surface area contributed by atoms with Crippen molar-refractivity contribution in [2.75, 3.05) is 19.6 Å². The first-order valence-corrected chi connectivity index (χ1v) is 7.59. The van der Waals surface area contributed by atoms with Crippen LogP contribution in [0.25, 0.3) is 0 Å². The number of carbonyl (C=O) groups excluding carboxylic acids is 4. The van der Waals surface area contributed by atoms with Crippen molar-refractivity contribution >= 4 is 23.8 Å². The van der Waals surface area contributed by atoms with Gasteiger partial charge in [0.1, 0.15) is 6.54 Å². The van der Waals surface area contributed by atoms with Gasteiger partial charge >= 0.3 is 17.8 Å². The number of carbonyl (C=O) groups is 4. The molecule has 0 spiro atoms. The maximum Gasteiger partial charge on any atom is 0.335 e. The van der Waals surface area contributed by atoms with Gasteiger partial charge in [-0.3, -0.25) is 19.3 Å². The molecule has 0 aromatic heterocycles. The van der Waals surface area contributed by atoms with Crippen LogP contribution >= 0.6 is 0 Å². The summed E-state index contributed by atoms with van der Waals surface area (Å²) in [5.41, 5.74) is 0.941. The Bertz CT molecular complexity index is 672. The zero-order valence-corrected chi connectivity index (χ0v) is 13.5. The van der Waals surface area contributed by atoms with Gasteiger partial charge in [0, 0.05) is 19.6 Å². The minimum Gasteiger partial charge on any atom is -0.337 e. The Hall–Kier alpha value is -2.96. The first-order valence-electron chi connectivity index (χ1n) is 7.59. The predicted octanol–water partition coefficient (Wildman–Crippen LogP) is 1.01. The van der Waals surface area contributed by atoms with Crippen LogP contribution in [0.15, 0.2) is 43.0 Å². The number of imide groups is 2. The van der Waals surface area contributed by atoms with E-state index in [1.807, 2.05) is 37.3 Å². The van der Waals surface area contributed by atoms with Crippen molar-refractivity contribution < 1.29 is 19.2 Å². The molecule has 0 saturated carbocycles. The van der Waals surface area contributed by atoms with Gasteiger partial charge in [-0.2, -0.15) is 0 Å². The second-order valence-corrected chi connectivity index (χ2v) is 5.27. The summed E-state index contributed by atoms with van der Waals surface area (Å²) in [6.07, 6.45) is 1.35. The number of amides is 5. The van der Waals surface area contributed by atoms with Gasteiger partial charge in [-0.25, -0.2) is 9.69 Å². The number of likely N-dealkylation sites (N-methyl/N-ethyl adjacent to an activating group) is 1. The molecule has 1 aromatic carbocycles. The Morgan fingerprint density at radius 1 is 1.12 bits per heavy atom. The molecule has 5 amide bonds. The summed E-state index contributed by atoms with van der Waals surface area (Å²) in [4.78, 5) is 51.2. The molecule has 1 aliphatic heterocycles. The number of hydrogen-bond acceptors (Lipinski definition) is 4. The minimum absolute atomic E-state index is 0.0599. The highest BCUT2D eigenvalue weighted by Gasteiger charge is 2.44. The molecular weight excluding hydrogens is 310 g/mol. The molecule has 0 unspecified atom stereocenters. The predicted molar refractivity (Wildman–Crippen MR) is 86.6 cm³/mol. The van der Waals surface area contributed by atoms with Crippen molar-refractivity contribution in [2.45, 2.75) is 13.5 Å². The second kappa shape index (κ2) is 7.54. The zero-order valence-electron chi connectivity index (χ0n) is 13.5. The number of rotatable bonds is 7. The van der Waals surface area contributed by atoms with Crippen molar-refractivity contribution in [3.8, 4) is 0 Å². The Kier molecular flexibility index (Phi) is 5.47. The van der Waals surface area contributed by atoms with Gasteiger partial charge in [-0.15, -0.1) is 6.58 Å². The molecule has 0 aliphatic carbocycles. The van der Waals surface area contributed by atoms with Crippen molar-refractivity contribution in [2.24, 2.45) is 0 Å². The summed E-state index contributed by atoms with van der Waals surface area (Å²) < 4.78 is 0. The SMILES string of the molecule is C=CCN1C(=O)C(=O)N(CC(=O)N(CC)Cc2ccccc2)C1=O. The molecule has 0 bridgehead atoms. The lowest BCUT2D eigenvalue weighted by molar-refractivity contribution is -0.144. The summed E-state index contributed by atoms with van der Waals surface area (Å²) >= 11 is 0. The summed E-state index contributed by atoms with van der Waals surface area (Å²) in [5, 5.41) is 0. The third kappa shape index (κ3) is 3.51. The van der Waals surface area contributed by atoms with Gasteiger partial charge in [0.05, 0.1) is 0 Å². The number of hydrogen-bond donors (Lipinski definition) is 0. The molecule has 2 rings (SSSR count). The first kappa shape index (κ1) is 17.4. The maximum atomic E-state index is 12.4. The molecule has 1 heterocycles. The van der Waals surface area contributed by atoms with Gasteiger partial charge in [0.2, 0.25) is 5.91 Å². The Balaban J connectivity index is 2.07. The van der Waals surface area contributed by atoms with E-state index in [-0.39, 0.29) is 6.54 Å². The Morgan fingerprint density at radius 3 is 2.33 bits per heavy atom. The first-order chi connectivity index (χ1) is 11.5. The molecule has 1 aliphatic rings. The number of urea groups is 1. The van der Waals surface area contributed by atoms with Crippen LogP contribution in [-0.2, 0) is 20.9 Å². The van der Waals surface area contributed by atoms with E-state index in [0.717, 1.165) is 10.5 Å². The van der Waals surface area contributed by atoms with E-state index in [2.05, 4.69) is 6.58 Å². The van der Waals surface area contributed by atoms with Crippen LogP contribution < -0.4 is 0 Å². The van der Waals surface area contributed by atoms with E-state index in [9.17, 15) is 19.2 Å². The van der Waals surface area contributed by atoms with Crippen molar-refractivity contribution in [3.63, 3.8) is 0 Å². The number of benzene rings is 1. The van der Waals surface area contributed by atoms with E-state index in [0.29, 0.717) is 18.0 Å². The molecule has 126 valence electrons. The van der Waals surface area contributed by atoms with Crippen molar-refractivity contribution in [1.29, 1.82) is 0 Å². The molecule has 24 heavy (non-hydrogen) atoms. The Morgan fingerprint density at radius 2 is 1.75 bits per heavy atom. The molecule has 7 heteroatoms. The van der Waals surface area contributed by atoms with Crippen LogP contribution in [0.3, 0.4) is 0 Å². The Labute approximate surface area is 140 Å². The van der Waals surface area contributed by atoms with Gasteiger partial charge in [-0.05, 0) is 12.5 Å². The van der Waals surface area contributed by atoms with Crippen molar-refractivity contribution in [1.82, 2.24) is 14.7 Å². The van der Waals surface area contributed by atoms with E-state index < -0.39 is 30.3 Å². The molecule has 1 saturated heterocycles. The third-order valence-corrected chi connectivity index (χ3v) is 3.69. The van der Waals surface area contributed by atoms with Crippen molar-refractivity contribution in [3.05, 3.63) is 48.6 Å². The molecular formula is C17H19N3O4. The van der Waals surface area contributed by atoms with E-state index in [4.69, 9.17) is 0 Å². The van der Waals surface area contributed by atoms with Crippen LogP contribution in [0.4, 0.5) is 4.79 Å². The highest BCUT2D eigenvalue weighted by molar-refractivity contribution is 6.45. The number of nitrogens with zero attached hydrogens (tertiary/aromatic N) is 3. The quantitative estimate of drug-likeness (QED) is 0.425. The van der Waals surface area contributed by atoms with Crippen LogP contribution in [0.1, 0.15) is 12.5 Å². The summed E-state index contributed by atoms with van der Waals surface area (Å²) in [6.45, 7) is 5.54. The lowest BCUT2D eigenvalue weighted by atomic mass is 10.2. The normalized spacial score (nSPS) is 14.3. The fourth-order valence-electron chi connectivity index (χ4n) is 2.40. The standard InChI is InChI=1S/C17H19N3O4/c1-3-10-19-15(22)16(23)20(17(19)24)12-14(21)18(4-2)11-13-8-6-5-7-9-13/h3,5-9H,1,4,10-12H2,2H3. The lowest BCUT2D eigenvalue weighted by Crippen LogP contribution is -2.43. The maximum absolute atomic E-state index is 12.4. The third-order valence-electron chi connectivity index (χ3n) is 3.69. The molecule has 7 nitrogen and oxygen atoms in total. The molecule has 1 aromatic rings. The largest absolute Gasteiger partial charge is 0.337 e. The fraction of sp³-hybridized carbons (Fsp3) is 0.294. The summed E-state index contributed by atoms with van der Waals surface area (Å²) in [6, 6.07) is 8.60. The topological polar surface area (TPSA) is 78.0 Å². The summed E-state index contributed by atoms with van der Waals surface area (Å²) in [7, 11) is 0. The zero-order chi connectivity index (χ0) is 17.7. The molecule has 0 radical (unpaired) electrons. The molecule has 1 fully saturated rings. The van der Waals surface area contributed by atoms with Gasteiger partial charge in [-0.1, -0.05) is 36.4 Å². The highest BCUT2D eigenvalue weighted by Crippen LogP contribution is 2.13. The van der Waals surface area contributed by atoms with Gasteiger partial charge in [0.15, 0.2) is 0 Å². The average molecular weight is 329 g/mol.